The van der Waals surface area contributed by atoms with E-state index in [0.29, 0.717) is 0 Å². The highest BCUT2D eigenvalue weighted by Crippen LogP contribution is 2.15. The lowest BCUT2D eigenvalue weighted by Gasteiger charge is -2.25. The van der Waals surface area contributed by atoms with Crippen LogP contribution in [0, 0.1) is 12.7 Å². The quantitative estimate of drug-likeness (QED) is 0.893. The molecular formula is C13H16FNO3. The van der Waals surface area contributed by atoms with Gasteiger partial charge in [-0.1, -0.05) is 6.07 Å². The molecule has 5 heteroatoms. The summed E-state index contributed by atoms with van der Waals surface area (Å²) in [5.74, 6) is -2.03. The first-order valence-corrected chi connectivity index (χ1v) is 5.62. The van der Waals surface area contributed by atoms with Crippen molar-refractivity contribution in [3.05, 3.63) is 35.1 Å². The molecule has 0 saturated heterocycles. The summed E-state index contributed by atoms with van der Waals surface area (Å²) in [5.41, 5.74) is 0.434. The fourth-order valence-electron chi connectivity index (χ4n) is 1.63. The van der Waals surface area contributed by atoms with Crippen molar-refractivity contribution in [1.29, 1.82) is 0 Å². The van der Waals surface area contributed by atoms with Gasteiger partial charge < -0.3 is 10.0 Å². The van der Waals surface area contributed by atoms with Crippen molar-refractivity contribution in [2.45, 2.75) is 26.8 Å². The van der Waals surface area contributed by atoms with Gasteiger partial charge in [0, 0.05) is 11.6 Å². The van der Waals surface area contributed by atoms with Gasteiger partial charge in [0.15, 0.2) is 0 Å². The second kappa shape index (κ2) is 5.62. The number of nitrogens with zero attached hydrogens (tertiary/aromatic N) is 1. The van der Waals surface area contributed by atoms with Gasteiger partial charge in [-0.15, -0.1) is 0 Å². The Hall–Kier alpha value is -1.91. The minimum absolute atomic E-state index is 0.199. The van der Waals surface area contributed by atoms with E-state index < -0.39 is 24.2 Å². The van der Waals surface area contributed by atoms with Crippen LogP contribution in [0.5, 0.6) is 0 Å². The third kappa shape index (κ3) is 3.06. The molecule has 98 valence electrons. The lowest BCUT2D eigenvalue weighted by Crippen LogP contribution is -2.41. The van der Waals surface area contributed by atoms with Crippen LogP contribution in [0.2, 0.25) is 0 Å². The van der Waals surface area contributed by atoms with E-state index in [9.17, 15) is 14.0 Å². The molecule has 0 saturated carbocycles. The highest BCUT2D eigenvalue weighted by atomic mass is 19.1. The number of aliphatic carboxylic acids is 1. The summed E-state index contributed by atoms with van der Waals surface area (Å²) in [6.45, 7) is 4.54. The van der Waals surface area contributed by atoms with E-state index in [1.807, 2.05) is 0 Å². The van der Waals surface area contributed by atoms with Crippen LogP contribution in [-0.4, -0.2) is 34.5 Å². The number of rotatable bonds is 4. The average molecular weight is 253 g/mol. The summed E-state index contributed by atoms with van der Waals surface area (Å²) in [4.78, 5) is 24.1. The molecule has 1 rings (SSSR count). The van der Waals surface area contributed by atoms with Gasteiger partial charge in [-0.2, -0.15) is 0 Å². The SMILES string of the molecule is Cc1c(F)cccc1C(=O)N(CC(=O)O)C(C)C. The molecule has 0 aliphatic heterocycles. The van der Waals surface area contributed by atoms with Crippen LogP contribution < -0.4 is 0 Å². The number of benzene rings is 1. The number of halogens is 1. The maximum absolute atomic E-state index is 13.4. The third-order valence-electron chi connectivity index (χ3n) is 2.69. The molecule has 0 radical (unpaired) electrons. The Morgan fingerprint density at radius 3 is 2.50 bits per heavy atom. The molecule has 1 amide bonds. The van der Waals surface area contributed by atoms with Crippen molar-refractivity contribution in [3.63, 3.8) is 0 Å². The summed E-state index contributed by atoms with van der Waals surface area (Å²) in [7, 11) is 0. The van der Waals surface area contributed by atoms with Crippen LogP contribution in [0.15, 0.2) is 18.2 Å². The van der Waals surface area contributed by atoms with Crippen LogP contribution in [-0.2, 0) is 4.79 Å². The van der Waals surface area contributed by atoms with Crippen LogP contribution in [0.4, 0.5) is 4.39 Å². The molecule has 0 aliphatic rings. The number of carboxylic acids is 1. The molecular weight excluding hydrogens is 237 g/mol. The minimum Gasteiger partial charge on any atom is -0.480 e. The molecule has 1 aromatic rings. The maximum Gasteiger partial charge on any atom is 0.323 e. The molecule has 0 unspecified atom stereocenters. The van der Waals surface area contributed by atoms with E-state index in [1.165, 1.54) is 30.0 Å². The van der Waals surface area contributed by atoms with E-state index in [0.717, 1.165) is 0 Å². The van der Waals surface area contributed by atoms with Crippen LogP contribution in [0.1, 0.15) is 29.8 Å². The molecule has 1 aromatic carbocycles. The monoisotopic (exact) mass is 253 g/mol. The topological polar surface area (TPSA) is 57.6 Å². The highest BCUT2D eigenvalue weighted by molar-refractivity contribution is 5.97. The van der Waals surface area contributed by atoms with Crippen molar-refractivity contribution in [3.8, 4) is 0 Å². The number of carboxylic acid groups (broad SMARTS) is 1. The minimum atomic E-state index is -1.09. The zero-order valence-corrected chi connectivity index (χ0v) is 10.6. The van der Waals surface area contributed by atoms with Crippen LogP contribution >= 0.6 is 0 Å². The lowest BCUT2D eigenvalue weighted by molar-refractivity contribution is -0.138. The van der Waals surface area contributed by atoms with Gasteiger partial charge in [0.1, 0.15) is 12.4 Å². The lowest BCUT2D eigenvalue weighted by atomic mass is 10.1. The molecule has 0 heterocycles. The van der Waals surface area contributed by atoms with E-state index >= 15 is 0 Å². The second-order valence-electron chi connectivity index (χ2n) is 4.33. The van der Waals surface area contributed by atoms with Gasteiger partial charge in [-0.3, -0.25) is 9.59 Å². The van der Waals surface area contributed by atoms with Crippen molar-refractivity contribution in [2.24, 2.45) is 0 Å². The molecule has 0 atom stereocenters. The van der Waals surface area contributed by atoms with Crippen molar-refractivity contribution in [1.82, 2.24) is 4.90 Å². The molecule has 0 aliphatic carbocycles. The number of hydrogen-bond acceptors (Lipinski definition) is 2. The highest BCUT2D eigenvalue weighted by Gasteiger charge is 2.23. The first-order chi connectivity index (χ1) is 8.34. The Labute approximate surface area is 105 Å². The Morgan fingerprint density at radius 2 is 2.00 bits per heavy atom. The zero-order chi connectivity index (χ0) is 13.9. The fourth-order valence-corrected chi connectivity index (χ4v) is 1.63. The van der Waals surface area contributed by atoms with Gasteiger partial charge in [-0.05, 0) is 38.5 Å². The zero-order valence-electron chi connectivity index (χ0n) is 10.6. The summed E-state index contributed by atoms with van der Waals surface area (Å²) in [5, 5.41) is 8.78. The van der Waals surface area contributed by atoms with E-state index in [4.69, 9.17) is 5.11 Å². The molecule has 1 N–H and O–H groups in total. The van der Waals surface area contributed by atoms with E-state index in [2.05, 4.69) is 0 Å². The summed E-state index contributed by atoms with van der Waals surface area (Å²) >= 11 is 0. The van der Waals surface area contributed by atoms with E-state index in [1.54, 1.807) is 13.8 Å². The number of carbonyl (C=O) groups is 2. The predicted molar refractivity (Wildman–Crippen MR) is 64.9 cm³/mol. The third-order valence-corrected chi connectivity index (χ3v) is 2.69. The molecule has 18 heavy (non-hydrogen) atoms. The first kappa shape index (κ1) is 14.2. The van der Waals surface area contributed by atoms with Gasteiger partial charge in [0.25, 0.3) is 5.91 Å². The van der Waals surface area contributed by atoms with Gasteiger partial charge in [-0.25, -0.2) is 4.39 Å². The first-order valence-electron chi connectivity index (χ1n) is 5.62. The summed E-state index contributed by atoms with van der Waals surface area (Å²) < 4.78 is 13.4. The summed E-state index contributed by atoms with van der Waals surface area (Å²) in [6, 6.07) is 3.94. The number of carbonyl (C=O) groups excluding carboxylic acids is 1. The Morgan fingerprint density at radius 1 is 1.39 bits per heavy atom. The number of hydrogen-bond donors (Lipinski definition) is 1. The Kier molecular flexibility index (Phi) is 4.42. The van der Waals surface area contributed by atoms with Crippen molar-refractivity contribution in [2.75, 3.05) is 6.54 Å². The van der Waals surface area contributed by atoms with Gasteiger partial charge >= 0.3 is 5.97 Å². The molecule has 0 bridgehead atoms. The fraction of sp³-hybridized carbons (Fsp3) is 0.385. The Balaban J connectivity index is 3.10. The second-order valence-corrected chi connectivity index (χ2v) is 4.33. The van der Waals surface area contributed by atoms with Crippen molar-refractivity contribution >= 4 is 11.9 Å². The summed E-state index contributed by atoms with van der Waals surface area (Å²) in [6.07, 6.45) is 0. The largest absolute Gasteiger partial charge is 0.480 e. The predicted octanol–water partition coefficient (Wildman–Crippen LogP) is 2.07. The van der Waals surface area contributed by atoms with Gasteiger partial charge in [0.2, 0.25) is 0 Å². The van der Waals surface area contributed by atoms with Gasteiger partial charge in [0.05, 0.1) is 0 Å². The van der Waals surface area contributed by atoms with Crippen molar-refractivity contribution < 1.29 is 19.1 Å². The normalized spacial score (nSPS) is 10.5. The average Bonchev–Trinajstić information content (AvgIpc) is 2.28. The number of amides is 1. The maximum atomic E-state index is 13.4. The molecule has 0 fully saturated rings. The molecule has 4 nitrogen and oxygen atoms in total. The smallest absolute Gasteiger partial charge is 0.323 e. The van der Waals surface area contributed by atoms with Crippen LogP contribution in [0.3, 0.4) is 0 Å². The standard InChI is InChI=1S/C13H16FNO3/c1-8(2)15(7-12(16)17)13(18)10-5-4-6-11(14)9(10)3/h4-6,8H,7H2,1-3H3,(H,16,17). The van der Waals surface area contributed by atoms with E-state index in [-0.39, 0.29) is 17.2 Å². The Bertz CT molecular complexity index is 471. The molecule has 0 spiro atoms. The molecule has 0 aromatic heterocycles. The van der Waals surface area contributed by atoms with Crippen LogP contribution in [0.25, 0.3) is 0 Å².